The summed E-state index contributed by atoms with van der Waals surface area (Å²) in [5.74, 6) is 0.607. The van der Waals surface area contributed by atoms with Crippen LogP contribution in [0.5, 0.6) is 5.75 Å². The maximum absolute atomic E-state index is 10.9. The largest absolute Gasteiger partial charge is 0.490 e. The zero-order valence-corrected chi connectivity index (χ0v) is 11.6. The van der Waals surface area contributed by atoms with Crippen LogP contribution in [0.3, 0.4) is 0 Å². The minimum absolute atomic E-state index is 0.00655. The highest BCUT2D eigenvalue weighted by molar-refractivity contribution is 6.20. The first kappa shape index (κ1) is 14.8. The number of halogens is 1. The Morgan fingerprint density at radius 1 is 1.50 bits per heavy atom. The van der Waals surface area contributed by atoms with Crippen molar-refractivity contribution in [3.63, 3.8) is 0 Å². The Kier molecular flexibility index (Phi) is 5.41. The quantitative estimate of drug-likeness (QED) is 0.449. The number of hydrogen-bond donors (Lipinski definition) is 0. The van der Waals surface area contributed by atoms with E-state index in [0.29, 0.717) is 5.92 Å². The fraction of sp³-hybridized carbons (Fsp3) is 0.538. The third-order valence-corrected chi connectivity index (χ3v) is 3.47. The molecule has 4 nitrogen and oxygen atoms in total. The molecule has 2 atom stereocenters. The van der Waals surface area contributed by atoms with Gasteiger partial charge in [0.25, 0.3) is 0 Å². The number of nitro benzene ring substituents is 1. The van der Waals surface area contributed by atoms with Crippen molar-refractivity contribution in [2.75, 3.05) is 7.11 Å². The van der Waals surface area contributed by atoms with Crippen LogP contribution in [0.15, 0.2) is 18.2 Å². The third kappa shape index (κ3) is 3.60. The van der Waals surface area contributed by atoms with Crippen LogP contribution in [0.2, 0.25) is 0 Å². The summed E-state index contributed by atoms with van der Waals surface area (Å²) in [5.41, 5.74) is 0.925. The van der Waals surface area contributed by atoms with E-state index in [9.17, 15) is 10.1 Å². The van der Waals surface area contributed by atoms with Crippen LogP contribution in [0, 0.1) is 16.0 Å². The molecule has 0 spiro atoms. The molecular weight excluding hydrogens is 254 g/mol. The molecule has 0 aliphatic heterocycles. The molecule has 0 heterocycles. The number of benzene rings is 1. The molecule has 0 saturated carbocycles. The second kappa shape index (κ2) is 6.59. The number of alkyl halides is 1. The van der Waals surface area contributed by atoms with E-state index in [-0.39, 0.29) is 16.8 Å². The number of hydrogen-bond acceptors (Lipinski definition) is 3. The van der Waals surface area contributed by atoms with Crippen molar-refractivity contribution in [1.29, 1.82) is 0 Å². The van der Waals surface area contributed by atoms with Gasteiger partial charge >= 0.3 is 5.69 Å². The smallest absolute Gasteiger partial charge is 0.311 e. The maximum atomic E-state index is 10.9. The van der Waals surface area contributed by atoms with E-state index in [1.165, 1.54) is 7.11 Å². The van der Waals surface area contributed by atoms with Gasteiger partial charge in [0.1, 0.15) is 0 Å². The monoisotopic (exact) mass is 271 g/mol. The Hall–Kier alpha value is -1.29. The normalized spacial score (nSPS) is 14.0. The van der Waals surface area contributed by atoms with Crippen molar-refractivity contribution < 1.29 is 9.66 Å². The van der Waals surface area contributed by atoms with Gasteiger partial charge in [-0.1, -0.05) is 19.4 Å². The van der Waals surface area contributed by atoms with E-state index in [1.54, 1.807) is 12.1 Å². The summed E-state index contributed by atoms with van der Waals surface area (Å²) in [4.78, 5) is 10.5. The lowest BCUT2D eigenvalue weighted by molar-refractivity contribution is -0.385. The highest BCUT2D eigenvalue weighted by atomic mass is 35.5. The number of rotatable bonds is 6. The molecule has 0 amide bonds. The molecule has 1 aromatic rings. The van der Waals surface area contributed by atoms with Crippen LogP contribution in [0.4, 0.5) is 5.69 Å². The zero-order chi connectivity index (χ0) is 13.7. The molecule has 0 N–H and O–H groups in total. The molecule has 0 aliphatic carbocycles. The summed E-state index contributed by atoms with van der Waals surface area (Å²) in [6, 6.07) is 5.06. The summed E-state index contributed by atoms with van der Waals surface area (Å²) >= 11 is 6.10. The molecule has 1 rings (SSSR count). The number of ether oxygens (including phenoxy) is 1. The van der Waals surface area contributed by atoms with Gasteiger partial charge in [-0.25, -0.2) is 0 Å². The highest BCUT2D eigenvalue weighted by Gasteiger charge is 2.18. The lowest BCUT2D eigenvalue weighted by Crippen LogP contribution is -2.13. The highest BCUT2D eigenvalue weighted by Crippen LogP contribution is 2.29. The number of nitrogens with zero attached hydrogens (tertiary/aromatic N) is 1. The van der Waals surface area contributed by atoms with Crippen LogP contribution >= 0.6 is 11.6 Å². The number of nitro groups is 1. The minimum Gasteiger partial charge on any atom is -0.490 e. The molecule has 0 aromatic heterocycles. The van der Waals surface area contributed by atoms with Crippen molar-refractivity contribution in [3.05, 3.63) is 33.9 Å². The Morgan fingerprint density at radius 2 is 2.17 bits per heavy atom. The molecule has 2 unspecified atom stereocenters. The van der Waals surface area contributed by atoms with Crippen LogP contribution in [-0.4, -0.2) is 17.4 Å². The van der Waals surface area contributed by atoms with Crippen LogP contribution in [-0.2, 0) is 6.42 Å². The summed E-state index contributed by atoms with van der Waals surface area (Å²) in [7, 11) is 1.43. The Bertz CT molecular complexity index is 421. The SMILES string of the molecule is CCC(Cc1ccc(OC)c([N+](=O)[O-])c1)C(C)Cl. The molecule has 0 saturated heterocycles. The summed E-state index contributed by atoms with van der Waals surface area (Å²) in [6.07, 6.45) is 1.69. The zero-order valence-electron chi connectivity index (χ0n) is 10.9. The first-order valence-corrected chi connectivity index (χ1v) is 6.38. The topological polar surface area (TPSA) is 52.4 Å². The third-order valence-electron chi connectivity index (χ3n) is 3.11. The Labute approximate surface area is 112 Å². The van der Waals surface area contributed by atoms with E-state index in [0.717, 1.165) is 18.4 Å². The summed E-state index contributed by atoms with van der Waals surface area (Å²) in [5, 5.41) is 11.0. The van der Waals surface area contributed by atoms with Gasteiger partial charge in [0, 0.05) is 11.4 Å². The minimum atomic E-state index is -0.423. The molecule has 0 bridgehead atoms. The van der Waals surface area contributed by atoms with E-state index in [4.69, 9.17) is 16.3 Å². The van der Waals surface area contributed by atoms with Gasteiger partial charge in [0.15, 0.2) is 5.75 Å². The van der Waals surface area contributed by atoms with Crippen molar-refractivity contribution >= 4 is 17.3 Å². The average molecular weight is 272 g/mol. The summed E-state index contributed by atoms with van der Waals surface area (Å²) < 4.78 is 4.97. The molecular formula is C13H18ClNO3. The molecule has 100 valence electrons. The van der Waals surface area contributed by atoms with E-state index >= 15 is 0 Å². The lowest BCUT2D eigenvalue weighted by atomic mass is 9.94. The first-order valence-electron chi connectivity index (χ1n) is 5.95. The Morgan fingerprint density at radius 3 is 2.61 bits per heavy atom. The van der Waals surface area contributed by atoms with E-state index < -0.39 is 4.92 Å². The lowest BCUT2D eigenvalue weighted by Gasteiger charge is -2.17. The molecule has 1 aromatic carbocycles. The maximum Gasteiger partial charge on any atom is 0.311 e. The van der Waals surface area contributed by atoms with Gasteiger partial charge in [-0.2, -0.15) is 0 Å². The fourth-order valence-electron chi connectivity index (χ4n) is 1.94. The Balaban J connectivity index is 2.97. The van der Waals surface area contributed by atoms with E-state index in [1.807, 2.05) is 13.0 Å². The van der Waals surface area contributed by atoms with Crippen LogP contribution in [0.25, 0.3) is 0 Å². The van der Waals surface area contributed by atoms with Gasteiger partial charge in [-0.05, 0) is 30.9 Å². The second-order valence-electron chi connectivity index (χ2n) is 4.31. The van der Waals surface area contributed by atoms with E-state index in [2.05, 4.69) is 6.92 Å². The fourth-order valence-corrected chi connectivity index (χ4v) is 2.21. The van der Waals surface area contributed by atoms with Gasteiger partial charge in [0.2, 0.25) is 0 Å². The molecule has 18 heavy (non-hydrogen) atoms. The van der Waals surface area contributed by atoms with Crippen molar-refractivity contribution in [2.24, 2.45) is 5.92 Å². The van der Waals surface area contributed by atoms with Crippen molar-refractivity contribution in [1.82, 2.24) is 0 Å². The standard InChI is InChI=1S/C13H18ClNO3/c1-4-11(9(2)14)7-10-5-6-13(18-3)12(8-10)15(16)17/h5-6,8-9,11H,4,7H2,1-3H3. The molecule has 0 radical (unpaired) electrons. The van der Waals surface area contributed by atoms with Gasteiger partial charge in [-0.3, -0.25) is 10.1 Å². The van der Waals surface area contributed by atoms with Gasteiger partial charge < -0.3 is 4.74 Å². The summed E-state index contributed by atoms with van der Waals surface area (Å²) in [6.45, 7) is 4.02. The first-order chi connectivity index (χ1) is 8.49. The van der Waals surface area contributed by atoms with Crippen LogP contribution < -0.4 is 4.74 Å². The van der Waals surface area contributed by atoms with Crippen LogP contribution in [0.1, 0.15) is 25.8 Å². The average Bonchev–Trinajstić information content (AvgIpc) is 2.35. The predicted molar refractivity (Wildman–Crippen MR) is 72.4 cm³/mol. The molecule has 5 heteroatoms. The van der Waals surface area contributed by atoms with Crippen molar-refractivity contribution in [3.8, 4) is 5.75 Å². The molecule has 0 aliphatic rings. The molecule has 0 fully saturated rings. The second-order valence-corrected chi connectivity index (χ2v) is 5.00. The van der Waals surface area contributed by atoms with Gasteiger partial charge in [0.05, 0.1) is 12.0 Å². The number of methoxy groups -OCH3 is 1. The van der Waals surface area contributed by atoms with Crippen molar-refractivity contribution in [2.45, 2.75) is 32.1 Å². The predicted octanol–water partition coefficient (Wildman–Crippen LogP) is 3.80. The van der Waals surface area contributed by atoms with Gasteiger partial charge in [-0.15, -0.1) is 11.6 Å².